The van der Waals surface area contributed by atoms with Gasteiger partial charge in [0.15, 0.2) is 11.2 Å². The molecule has 2 unspecified atom stereocenters. The van der Waals surface area contributed by atoms with E-state index in [1.54, 1.807) is 107 Å². The Balaban J connectivity index is 0.00000142. The number of carbonyl (C=O) groups excluding carboxylic acids is 6. The van der Waals surface area contributed by atoms with E-state index in [1.165, 1.54) is 7.40 Å². The first-order valence-electron chi connectivity index (χ1n) is 27.0. The molecule has 0 bridgehead atoms. The second-order valence-electron chi connectivity index (χ2n) is 18.9. The summed E-state index contributed by atoms with van der Waals surface area (Å²) in [5.41, 5.74) is 6.51. The molecule has 4 aromatic carbocycles. The minimum Gasteiger partial charge on any atom is -0.476 e. The summed E-state index contributed by atoms with van der Waals surface area (Å²) in [6, 6.07) is 27.7. The Morgan fingerprint density at radius 2 is 0.949 bits per heavy atom. The fourth-order valence-corrected chi connectivity index (χ4v) is 8.47. The van der Waals surface area contributed by atoms with Crippen LogP contribution in [0.2, 0.25) is 10.0 Å². The summed E-state index contributed by atoms with van der Waals surface area (Å²) in [7, 11) is 3.09. The molecule has 2 saturated carbocycles. The monoisotopic (exact) mass is 1160 g/mol. The molecule has 6 rings (SSSR count). The van der Waals surface area contributed by atoms with Crippen molar-refractivity contribution in [3.05, 3.63) is 129 Å². The van der Waals surface area contributed by atoms with Crippen molar-refractivity contribution < 1.29 is 59.9 Å². The molecular formula is C60H87Cl3N4O12. The van der Waals surface area contributed by atoms with E-state index in [1.807, 2.05) is 31.3 Å². The maximum absolute atomic E-state index is 12.6. The Bertz CT molecular complexity index is 2470. The molecule has 0 spiro atoms. The molecule has 16 nitrogen and oxygen atoms in total. The number of amides is 2. The zero-order valence-corrected chi connectivity index (χ0v) is 47.6. The van der Waals surface area contributed by atoms with Crippen molar-refractivity contribution in [2.75, 3.05) is 33.7 Å². The molecule has 4 aromatic rings. The maximum atomic E-state index is 12.6. The highest BCUT2D eigenvalue weighted by atomic mass is 35.5. The van der Waals surface area contributed by atoms with Crippen molar-refractivity contribution in [2.45, 2.75) is 151 Å². The Morgan fingerprint density at radius 3 is 1.33 bits per heavy atom. The topological polar surface area (TPSA) is 220 Å². The van der Waals surface area contributed by atoms with Crippen molar-refractivity contribution in [1.82, 2.24) is 16.0 Å². The van der Waals surface area contributed by atoms with Crippen LogP contribution in [0.25, 0.3) is 0 Å². The number of benzene rings is 4. The number of hydrogen-bond acceptors (Lipinski definition) is 14. The molecule has 440 valence electrons. The maximum Gasteiger partial charge on any atom is 0.352 e. The molecular weight excluding hydrogens is 1080 g/mol. The van der Waals surface area contributed by atoms with Crippen molar-refractivity contribution in [3.8, 4) is 11.5 Å². The smallest absolute Gasteiger partial charge is 0.352 e. The van der Waals surface area contributed by atoms with Gasteiger partial charge in [0.2, 0.25) is 13.6 Å². The lowest BCUT2D eigenvalue weighted by Crippen LogP contribution is -2.42. The fourth-order valence-electron chi connectivity index (χ4n) is 8.22. The Kier molecular flexibility index (Phi) is 32.5. The summed E-state index contributed by atoms with van der Waals surface area (Å²) < 4.78 is 44.2. The zero-order valence-electron chi connectivity index (χ0n) is 47.3. The number of halogens is 3. The van der Waals surface area contributed by atoms with Gasteiger partial charge in [0.05, 0.1) is 11.8 Å². The molecule has 0 aliphatic heterocycles. The largest absolute Gasteiger partial charge is 0.476 e. The van der Waals surface area contributed by atoms with Crippen LogP contribution >= 0.6 is 35.6 Å². The van der Waals surface area contributed by atoms with Crippen LogP contribution in [0, 0.1) is 11.8 Å². The van der Waals surface area contributed by atoms with Crippen LogP contribution in [-0.2, 0) is 51.0 Å². The van der Waals surface area contributed by atoms with Gasteiger partial charge in [-0.1, -0.05) is 109 Å². The molecule has 4 atom stereocenters. The van der Waals surface area contributed by atoms with E-state index in [9.17, 15) is 28.8 Å². The van der Waals surface area contributed by atoms with Crippen molar-refractivity contribution in [1.29, 1.82) is 0 Å². The lowest BCUT2D eigenvalue weighted by molar-refractivity contribution is -0.181. The first-order valence-corrected chi connectivity index (χ1v) is 26.1. The Labute approximate surface area is 488 Å². The quantitative estimate of drug-likeness (QED) is 0.0451. The number of rotatable bonds is 21. The fraction of sp³-hybridized carbons (Fsp3) is 0.500. The second kappa shape index (κ2) is 37.1. The van der Waals surface area contributed by atoms with Gasteiger partial charge in [-0.15, -0.1) is 12.4 Å². The van der Waals surface area contributed by atoms with Gasteiger partial charge in [-0.05, 0) is 157 Å². The molecule has 0 radical (unpaired) electrons. The summed E-state index contributed by atoms with van der Waals surface area (Å²) in [6.45, 7) is 8.64. The highest BCUT2D eigenvalue weighted by Gasteiger charge is 2.36. The number of carbonyl (C=O) groups is 6. The average molecular weight is 1170 g/mol. The highest BCUT2D eigenvalue weighted by molar-refractivity contribution is 6.31. The van der Waals surface area contributed by atoms with Crippen molar-refractivity contribution in [3.63, 3.8) is 0 Å². The number of esters is 4. The normalized spacial score (nSPS) is 16.6. The number of nitrogens with one attached hydrogen (secondary N) is 3. The Morgan fingerprint density at radius 1 is 0.595 bits per heavy atom. The molecule has 0 aromatic heterocycles. The molecule has 2 fully saturated rings. The van der Waals surface area contributed by atoms with Crippen LogP contribution in [0.15, 0.2) is 97.1 Å². The number of nitrogens with two attached hydrogens (primary N) is 1. The summed E-state index contributed by atoms with van der Waals surface area (Å²) >= 11 is 11.7. The second-order valence-corrected chi connectivity index (χ2v) is 19.8. The van der Waals surface area contributed by atoms with Gasteiger partial charge >= 0.3 is 23.9 Å². The first-order chi connectivity index (χ1) is 37.3. The van der Waals surface area contributed by atoms with Crippen LogP contribution in [0.3, 0.4) is 0 Å². The lowest BCUT2D eigenvalue weighted by Gasteiger charge is -2.29. The zero-order chi connectivity index (χ0) is 57.7. The predicted molar refractivity (Wildman–Crippen MR) is 315 cm³/mol. The summed E-state index contributed by atoms with van der Waals surface area (Å²) in [4.78, 5) is 74.0. The van der Waals surface area contributed by atoms with E-state index in [0.717, 1.165) is 56.1 Å². The number of hydrogen-bond donors (Lipinski definition) is 4. The molecule has 0 saturated heterocycles. The third-order valence-corrected chi connectivity index (χ3v) is 13.0. The average Bonchev–Trinajstić information content (AvgIpc) is 3.43. The van der Waals surface area contributed by atoms with Crippen LogP contribution in [0.5, 0.6) is 11.5 Å². The third kappa shape index (κ3) is 24.6. The summed E-state index contributed by atoms with van der Waals surface area (Å²) in [6.07, 6.45) is 8.42. The lowest BCUT2D eigenvalue weighted by atomic mass is 9.84. The molecule has 5 N–H and O–H groups in total. The third-order valence-electron chi connectivity index (χ3n) is 12.5. The molecule has 2 amide bonds. The van der Waals surface area contributed by atoms with Crippen molar-refractivity contribution >= 4 is 71.3 Å². The van der Waals surface area contributed by atoms with Gasteiger partial charge < -0.3 is 50.1 Å². The molecule has 79 heavy (non-hydrogen) atoms. The van der Waals surface area contributed by atoms with E-state index < -0.39 is 42.7 Å². The van der Waals surface area contributed by atoms with Crippen LogP contribution in [0.4, 0.5) is 0 Å². The van der Waals surface area contributed by atoms with Gasteiger partial charge in [-0.25, -0.2) is 9.59 Å². The van der Waals surface area contributed by atoms with Gasteiger partial charge in [0.25, 0.3) is 11.8 Å². The molecule has 0 heterocycles. The van der Waals surface area contributed by atoms with Gasteiger partial charge in [0.1, 0.15) is 11.5 Å². The van der Waals surface area contributed by atoms with E-state index in [0.29, 0.717) is 71.9 Å². The SMILES string of the molecule is C.C.CC(C)(Oc1ccc(CCNC(=O)c2ccc(Cl)cc2)cc1)C(=O)OCOC(=O)C1CCCC[C@H]1N.CN[C@@H]1CCCCC1C(=O)OCOC(=O)C(C)(C)Oc1ccc(CCNC(=O)c2ccc(Cl)cc2)cc1.Cl.[2H]CC.[3H]C. The minimum absolute atomic E-state index is 0. The standard InChI is InChI=1S/C28H35ClN2O6.C27H33ClN2O6.C2H6.3CH4.ClH/c1-28(2,27(34)36-18-35-26(33)23-6-4-5-7-24(23)30-3)37-22-14-8-19(9-15-22)16-17-31-25(32)20-10-12-21(29)13-11-20;1-27(2,26(33)35-17-34-25(32)22-5-3-4-6-23(22)29)36-21-13-7-18(8-14-21)15-16-30-24(31)19-9-11-20(28)12-10-19;1-2;;;;/h8-15,23-24,30H,4-7,16-18H2,1-3H3,(H,31,32);7-14,22-23H,3-6,15-17,29H2,1-2H3,(H,30,31);1-2H3;3*1H4;1H/t23?,24-;22?,23-;;;;;/m11...../s1/i;;1D;1T;;;. The predicted octanol–water partition coefficient (Wildman–Crippen LogP) is 11.7. The summed E-state index contributed by atoms with van der Waals surface area (Å²) in [5.74, 6) is -2.03. The summed E-state index contributed by atoms with van der Waals surface area (Å²) in [5, 5.41) is 10.1. The molecule has 2 aliphatic rings. The van der Waals surface area contributed by atoms with E-state index in [-0.39, 0.29) is 69.0 Å². The van der Waals surface area contributed by atoms with Gasteiger partial charge in [-0.2, -0.15) is 0 Å². The first kappa shape index (κ1) is 69.2. The number of ether oxygens (including phenoxy) is 6. The minimum atomic E-state index is -1.29. The van der Waals surface area contributed by atoms with Gasteiger partial charge in [0, 0.05) is 49.1 Å². The van der Waals surface area contributed by atoms with E-state index in [2.05, 4.69) is 16.0 Å². The van der Waals surface area contributed by atoms with E-state index in [4.69, 9.17) is 60.1 Å². The molecule has 19 heteroatoms. The van der Waals surface area contributed by atoms with E-state index >= 15 is 0 Å². The molecule has 2 aliphatic carbocycles. The highest BCUT2D eigenvalue weighted by Crippen LogP contribution is 2.27. The van der Waals surface area contributed by atoms with Crippen LogP contribution in [0.1, 0.15) is 150 Å². The van der Waals surface area contributed by atoms with Crippen molar-refractivity contribution in [2.24, 2.45) is 17.6 Å². The van der Waals surface area contributed by atoms with Gasteiger partial charge in [-0.3, -0.25) is 19.2 Å². The van der Waals surface area contributed by atoms with Crippen LogP contribution < -0.4 is 31.2 Å². The van der Waals surface area contributed by atoms with Crippen LogP contribution in [-0.4, -0.2) is 92.7 Å². The Hall–Kier alpha value is -5.91.